The van der Waals surface area contributed by atoms with Crippen molar-refractivity contribution in [1.29, 1.82) is 0 Å². The van der Waals surface area contributed by atoms with E-state index in [1.54, 1.807) is 50.1 Å². The van der Waals surface area contributed by atoms with E-state index in [0.29, 0.717) is 0 Å². The molecular weight excluding hydrogens is 655 g/mol. The molecule has 0 bridgehead atoms. The Morgan fingerprint density at radius 2 is 0.548 bits per heavy atom. The molecule has 4 aromatic heterocycles. The molecule has 0 aliphatic heterocycles. The maximum atomic E-state index is 9.00. The molecule has 18 heteroatoms. The molecule has 2 radical (unpaired) electrons. The number of aromatic nitrogens is 8. The van der Waals surface area contributed by atoms with Crippen molar-refractivity contribution in [3.63, 3.8) is 0 Å². The maximum absolute atomic E-state index is 9.00. The Kier molecular flexibility index (Phi) is 44.3. The van der Waals surface area contributed by atoms with E-state index in [4.69, 9.17) is 39.6 Å². The minimum atomic E-state index is -0.833. The van der Waals surface area contributed by atoms with Crippen LogP contribution in [0.1, 0.15) is 27.7 Å². The number of carboxylic acid groups (broad SMARTS) is 4. The van der Waals surface area contributed by atoms with Gasteiger partial charge < -0.3 is 38.7 Å². The zero-order valence-electron chi connectivity index (χ0n) is 24.5. The van der Waals surface area contributed by atoms with Crippen LogP contribution in [0.2, 0.25) is 0 Å². The van der Waals surface area contributed by atoms with E-state index in [9.17, 15) is 0 Å². The summed E-state index contributed by atoms with van der Waals surface area (Å²) < 4.78 is 7.56. The van der Waals surface area contributed by atoms with Crippen molar-refractivity contribution in [2.75, 3.05) is 0 Å². The summed E-state index contributed by atoms with van der Waals surface area (Å²) in [4.78, 5) is 51.1. The number of imidazole rings is 4. The fourth-order valence-electron chi connectivity index (χ4n) is 1.30. The van der Waals surface area contributed by atoms with Crippen molar-refractivity contribution in [3.05, 3.63) is 74.9 Å². The van der Waals surface area contributed by atoms with Gasteiger partial charge in [-0.1, -0.05) is 0 Å². The quantitative estimate of drug-likeness (QED) is 0.194. The molecule has 0 aromatic carbocycles. The molecule has 4 heterocycles. The summed E-state index contributed by atoms with van der Waals surface area (Å²) >= 11 is 0. The van der Waals surface area contributed by atoms with Crippen molar-refractivity contribution < 1.29 is 73.7 Å². The van der Waals surface area contributed by atoms with Crippen LogP contribution in [-0.2, 0) is 81.5 Å². The molecule has 0 fully saturated rings. The fraction of sp³-hybridized carbons (Fsp3) is 0.333. The molecule has 0 unspecified atom stereocenters. The van der Waals surface area contributed by atoms with Crippen LogP contribution in [-0.4, -0.2) is 82.5 Å². The Morgan fingerprint density at radius 3 is 0.571 bits per heavy atom. The van der Waals surface area contributed by atoms with Gasteiger partial charge in [0.15, 0.2) is 0 Å². The van der Waals surface area contributed by atoms with Gasteiger partial charge in [0.05, 0.1) is 25.3 Å². The predicted molar refractivity (Wildman–Crippen MR) is 146 cm³/mol. The van der Waals surface area contributed by atoms with E-state index in [1.165, 1.54) is 0 Å². The number of nitrogens with zero attached hydrogens (tertiary/aromatic N) is 8. The van der Waals surface area contributed by atoms with Crippen molar-refractivity contribution in [1.82, 2.24) is 38.2 Å². The van der Waals surface area contributed by atoms with Crippen LogP contribution >= 0.6 is 0 Å². The Morgan fingerprint density at radius 1 is 0.429 bits per heavy atom. The molecule has 16 nitrogen and oxygen atoms in total. The third-order valence-electron chi connectivity index (χ3n) is 2.55. The molecule has 4 aromatic rings. The number of carbonyl (C=O) groups is 4. The van der Waals surface area contributed by atoms with Gasteiger partial charge in [0.25, 0.3) is 23.9 Å². The monoisotopic (exact) mass is 694 g/mol. The zero-order chi connectivity index (χ0) is 31.9. The van der Waals surface area contributed by atoms with Gasteiger partial charge in [-0.05, 0) is 0 Å². The minimum Gasteiger partial charge on any atom is -0.481 e. The van der Waals surface area contributed by atoms with E-state index < -0.39 is 23.9 Å². The summed E-state index contributed by atoms with van der Waals surface area (Å²) in [5.74, 6) is -3.33. The second kappa shape index (κ2) is 36.8. The van der Waals surface area contributed by atoms with Gasteiger partial charge in [-0.2, -0.15) is 0 Å². The Bertz CT molecular complexity index is 899. The van der Waals surface area contributed by atoms with Gasteiger partial charge in [-0.15, -0.1) is 0 Å². The zero-order valence-corrected chi connectivity index (χ0v) is 26.4. The molecule has 0 atom stereocenters. The number of hydrogen-bond donors (Lipinski definition) is 4. The van der Waals surface area contributed by atoms with Gasteiger partial charge in [0.2, 0.25) is 0 Å². The molecule has 246 valence electrons. The van der Waals surface area contributed by atoms with E-state index in [1.807, 2.05) is 71.2 Å². The minimum absolute atomic E-state index is 0. The standard InChI is InChI=1S/4C4H6N2.4C2H4O2.2Cu/c4*1-6-3-2-5-4-6;4*1-2(3)4;;/h4*2-4H,1H3;4*1H3,(H,3,4);;. The summed E-state index contributed by atoms with van der Waals surface area (Å²) in [6, 6.07) is 0. The molecule has 4 rings (SSSR count). The number of aryl methyl sites for hydroxylation is 4. The van der Waals surface area contributed by atoms with Crippen LogP contribution in [0.4, 0.5) is 0 Å². The molecule has 0 aliphatic rings. The van der Waals surface area contributed by atoms with E-state index >= 15 is 0 Å². The number of aliphatic carboxylic acids is 4. The largest absolute Gasteiger partial charge is 0.481 e. The topological polar surface area (TPSA) is 220 Å². The second-order valence-electron chi connectivity index (χ2n) is 6.99. The first-order valence-electron chi connectivity index (χ1n) is 11.0. The summed E-state index contributed by atoms with van der Waals surface area (Å²) in [7, 11) is 7.75. The van der Waals surface area contributed by atoms with Gasteiger partial charge in [0, 0.05) is 140 Å². The normalized spacial score (nSPS) is 7.43. The SMILES string of the molecule is CC(=O)O.CC(=O)O.CC(=O)O.CC(=O)O.Cn1ccnc1.Cn1ccnc1.Cn1ccnc1.Cn1ccnc1.[Cu].[Cu]. The summed E-state index contributed by atoms with van der Waals surface area (Å²) in [6.45, 7) is 4.33. The summed E-state index contributed by atoms with van der Waals surface area (Å²) in [5.41, 5.74) is 0. The van der Waals surface area contributed by atoms with Crippen LogP contribution < -0.4 is 0 Å². The number of carboxylic acids is 4. The van der Waals surface area contributed by atoms with Crippen LogP contribution in [0, 0.1) is 0 Å². The summed E-state index contributed by atoms with van der Waals surface area (Å²) in [5, 5.41) is 29.7. The molecule has 0 amide bonds. The van der Waals surface area contributed by atoms with Gasteiger partial charge in [0.1, 0.15) is 0 Å². The summed E-state index contributed by atoms with van der Waals surface area (Å²) in [6.07, 6.45) is 21.6. The fourth-order valence-corrected chi connectivity index (χ4v) is 1.30. The van der Waals surface area contributed by atoms with Crippen LogP contribution in [0.3, 0.4) is 0 Å². The number of rotatable bonds is 0. The maximum Gasteiger partial charge on any atom is 0.300 e. The van der Waals surface area contributed by atoms with Gasteiger partial charge >= 0.3 is 0 Å². The van der Waals surface area contributed by atoms with E-state index in [2.05, 4.69) is 19.9 Å². The van der Waals surface area contributed by atoms with E-state index in [0.717, 1.165) is 27.7 Å². The first kappa shape index (κ1) is 50.6. The molecular formula is C24H40Cu2N8O8. The molecule has 4 N–H and O–H groups in total. The smallest absolute Gasteiger partial charge is 0.300 e. The molecule has 42 heavy (non-hydrogen) atoms. The van der Waals surface area contributed by atoms with E-state index in [-0.39, 0.29) is 34.1 Å². The third-order valence-corrected chi connectivity index (χ3v) is 2.55. The van der Waals surface area contributed by atoms with Crippen LogP contribution in [0.5, 0.6) is 0 Å². The molecule has 0 saturated heterocycles. The van der Waals surface area contributed by atoms with Crippen LogP contribution in [0.25, 0.3) is 0 Å². The molecule has 0 aliphatic carbocycles. The average Bonchev–Trinajstić information content (AvgIpc) is 3.59. The second-order valence-corrected chi connectivity index (χ2v) is 6.99. The van der Waals surface area contributed by atoms with Crippen molar-refractivity contribution in [3.8, 4) is 0 Å². The predicted octanol–water partition coefficient (Wildman–Crippen LogP) is 2.04. The van der Waals surface area contributed by atoms with Crippen molar-refractivity contribution in [2.24, 2.45) is 28.2 Å². The first-order valence-corrected chi connectivity index (χ1v) is 11.0. The number of hydrogen-bond acceptors (Lipinski definition) is 8. The van der Waals surface area contributed by atoms with Crippen molar-refractivity contribution >= 4 is 23.9 Å². The third kappa shape index (κ3) is 76.5. The Balaban J connectivity index is -0.0000000884. The van der Waals surface area contributed by atoms with Crippen molar-refractivity contribution in [2.45, 2.75) is 27.7 Å². The Labute approximate surface area is 266 Å². The Hall–Kier alpha value is -4.24. The average molecular weight is 696 g/mol. The molecule has 0 saturated carbocycles. The first-order chi connectivity index (χ1) is 18.5. The molecule has 0 spiro atoms. The van der Waals surface area contributed by atoms with Crippen LogP contribution in [0.15, 0.2) is 74.9 Å². The van der Waals surface area contributed by atoms with Gasteiger partial charge in [-0.25, -0.2) is 19.9 Å². The van der Waals surface area contributed by atoms with Gasteiger partial charge in [-0.3, -0.25) is 19.2 Å².